The molecule has 1 fully saturated rings. The minimum absolute atomic E-state index is 0.766. The first-order chi connectivity index (χ1) is 9.36. The normalized spacial score (nSPS) is 21.1. The second kappa shape index (κ2) is 5.87. The van der Waals surface area contributed by atoms with Gasteiger partial charge in [-0.3, -0.25) is 4.90 Å². The topological polar surface area (TPSA) is 38.3 Å². The van der Waals surface area contributed by atoms with Crippen molar-refractivity contribution < 1.29 is 4.74 Å². The SMILES string of the molecule is COc1ncnc2c1CCN(CC1CCCCC1)C2. The van der Waals surface area contributed by atoms with Gasteiger partial charge in [0, 0.05) is 25.2 Å². The second-order valence-electron chi connectivity index (χ2n) is 5.80. The molecule has 1 aliphatic heterocycles. The fraction of sp³-hybridized carbons (Fsp3) is 0.733. The molecule has 1 aromatic rings. The van der Waals surface area contributed by atoms with E-state index in [0.717, 1.165) is 37.0 Å². The molecule has 2 heterocycles. The summed E-state index contributed by atoms with van der Waals surface area (Å²) >= 11 is 0. The van der Waals surface area contributed by atoms with Crippen molar-refractivity contribution in [2.45, 2.75) is 45.1 Å². The molecule has 104 valence electrons. The van der Waals surface area contributed by atoms with E-state index in [4.69, 9.17) is 4.74 Å². The van der Waals surface area contributed by atoms with Crippen molar-refractivity contribution in [2.24, 2.45) is 5.92 Å². The molecule has 1 aliphatic carbocycles. The number of nitrogens with zero attached hydrogens (tertiary/aromatic N) is 3. The van der Waals surface area contributed by atoms with Gasteiger partial charge in [0.05, 0.1) is 12.8 Å². The highest BCUT2D eigenvalue weighted by atomic mass is 16.5. The monoisotopic (exact) mass is 261 g/mol. The molecule has 3 rings (SSSR count). The quantitative estimate of drug-likeness (QED) is 0.837. The molecular weight excluding hydrogens is 238 g/mol. The fourth-order valence-electron chi connectivity index (χ4n) is 3.45. The van der Waals surface area contributed by atoms with E-state index in [1.165, 1.54) is 44.2 Å². The van der Waals surface area contributed by atoms with Crippen molar-refractivity contribution in [1.82, 2.24) is 14.9 Å². The molecule has 0 atom stereocenters. The fourth-order valence-corrected chi connectivity index (χ4v) is 3.45. The Morgan fingerprint density at radius 3 is 2.89 bits per heavy atom. The molecule has 0 bridgehead atoms. The van der Waals surface area contributed by atoms with Crippen molar-refractivity contribution in [3.8, 4) is 5.88 Å². The van der Waals surface area contributed by atoms with Crippen LogP contribution in [-0.2, 0) is 13.0 Å². The van der Waals surface area contributed by atoms with Crippen molar-refractivity contribution in [1.29, 1.82) is 0 Å². The van der Waals surface area contributed by atoms with E-state index in [-0.39, 0.29) is 0 Å². The number of methoxy groups -OCH3 is 1. The lowest BCUT2D eigenvalue weighted by atomic mass is 9.88. The summed E-state index contributed by atoms with van der Waals surface area (Å²) in [6.45, 7) is 3.32. The van der Waals surface area contributed by atoms with Gasteiger partial charge in [-0.1, -0.05) is 19.3 Å². The first kappa shape index (κ1) is 12.9. The van der Waals surface area contributed by atoms with Crippen LogP contribution < -0.4 is 4.74 Å². The Balaban J connectivity index is 1.65. The van der Waals surface area contributed by atoms with E-state index in [0.29, 0.717) is 0 Å². The van der Waals surface area contributed by atoms with Gasteiger partial charge in [-0.2, -0.15) is 0 Å². The van der Waals surface area contributed by atoms with E-state index in [9.17, 15) is 0 Å². The number of hydrogen-bond acceptors (Lipinski definition) is 4. The average Bonchev–Trinajstić information content (AvgIpc) is 2.47. The van der Waals surface area contributed by atoms with Crippen LogP contribution in [0.1, 0.15) is 43.4 Å². The maximum atomic E-state index is 5.33. The summed E-state index contributed by atoms with van der Waals surface area (Å²) in [5.41, 5.74) is 2.37. The summed E-state index contributed by atoms with van der Waals surface area (Å²) in [7, 11) is 1.69. The van der Waals surface area contributed by atoms with Gasteiger partial charge < -0.3 is 4.74 Å². The van der Waals surface area contributed by atoms with Gasteiger partial charge in [0.1, 0.15) is 6.33 Å². The molecule has 1 aromatic heterocycles. The highest BCUT2D eigenvalue weighted by Gasteiger charge is 2.24. The summed E-state index contributed by atoms with van der Waals surface area (Å²) in [6, 6.07) is 0. The Bertz CT molecular complexity index is 429. The summed E-state index contributed by atoms with van der Waals surface area (Å²) in [5, 5.41) is 0. The smallest absolute Gasteiger partial charge is 0.219 e. The molecule has 0 radical (unpaired) electrons. The van der Waals surface area contributed by atoms with Crippen LogP contribution >= 0.6 is 0 Å². The van der Waals surface area contributed by atoms with Crippen LogP contribution in [0.3, 0.4) is 0 Å². The van der Waals surface area contributed by atoms with Crippen LogP contribution in [0.4, 0.5) is 0 Å². The number of ether oxygens (including phenoxy) is 1. The first-order valence-corrected chi connectivity index (χ1v) is 7.46. The van der Waals surface area contributed by atoms with Gasteiger partial charge in [-0.25, -0.2) is 9.97 Å². The minimum atomic E-state index is 0.766. The second-order valence-corrected chi connectivity index (χ2v) is 5.80. The molecule has 0 spiro atoms. The van der Waals surface area contributed by atoms with Crippen LogP contribution in [0.25, 0.3) is 0 Å². The van der Waals surface area contributed by atoms with E-state index >= 15 is 0 Å². The molecule has 0 aromatic carbocycles. The summed E-state index contributed by atoms with van der Waals surface area (Å²) in [4.78, 5) is 11.2. The number of hydrogen-bond donors (Lipinski definition) is 0. The van der Waals surface area contributed by atoms with E-state index < -0.39 is 0 Å². The lowest BCUT2D eigenvalue weighted by Crippen LogP contribution is -2.36. The molecule has 0 unspecified atom stereocenters. The zero-order valence-electron chi connectivity index (χ0n) is 11.8. The van der Waals surface area contributed by atoms with Crippen molar-refractivity contribution in [3.05, 3.63) is 17.6 Å². The Hall–Kier alpha value is -1.16. The van der Waals surface area contributed by atoms with Crippen LogP contribution in [0.5, 0.6) is 5.88 Å². The van der Waals surface area contributed by atoms with Crippen molar-refractivity contribution >= 4 is 0 Å². The van der Waals surface area contributed by atoms with Gasteiger partial charge >= 0.3 is 0 Å². The van der Waals surface area contributed by atoms with E-state index in [1.807, 2.05) is 0 Å². The third kappa shape index (κ3) is 2.89. The predicted molar refractivity (Wildman–Crippen MR) is 74.1 cm³/mol. The maximum Gasteiger partial charge on any atom is 0.219 e. The minimum Gasteiger partial charge on any atom is -0.481 e. The Morgan fingerprint density at radius 2 is 2.11 bits per heavy atom. The molecule has 0 saturated heterocycles. The lowest BCUT2D eigenvalue weighted by Gasteiger charge is -2.32. The standard InChI is InChI=1S/C15H23N3O/c1-19-15-13-7-8-18(10-14(13)16-11-17-15)9-12-5-3-2-4-6-12/h11-12H,2-10H2,1H3. The van der Waals surface area contributed by atoms with Crippen LogP contribution in [0, 0.1) is 5.92 Å². The molecular formula is C15H23N3O. The number of rotatable bonds is 3. The number of aromatic nitrogens is 2. The van der Waals surface area contributed by atoms with Crippen LogP contribution in [-0.4, -0.2) is 35.1 Å². The van der Waals surface area contributed by atoms with Gasteiger partial charge in [0.2, 0.25) is 5.88 Å². The largest absolute Gasteiger partial charge is 0.481 e. The third-order valence-corrected chi connectivity index (χ3v) is 4.48. The highest BCUT2D eigenvalue weighted by molar-refractivity contribution is 5.31. The molecule has 4 heteroatoms. The summed E-state index contributed by atoms with van der Waals surface area (Å²) in [5.74, 6) is 1.67. The van der Waals surface area contributed by atoms with E-state index in [1.54, 1.807) is 13.4 Å². The summed E-state index contributed by atoms with van der Waals surface area (Å²) in [6.07, 6.45) is 9.75. The number of fused-ring (bicyclic) bond motifs is 1. The average molecular weight is 261 g/mol. The van der Waals surface area contributed by atoms with Gasteiger partial charge in [-0.15, -0.1) is 0 Å². The molecule has 0 amide bonds. The molecule has 2 aliphatic rings. The van der Waals surface area contributed by atoms with Gasteiger partial charge in [0.15, 0.2) is 0 Å². The van der Waals surface area contributed by atoms with Crippen LogP contribution in [0.2, 0.25) is 0 Å². The Kier molecular flexibility index (Phi) is 3.97. The molecule has 19 heavy (non-hydrogen) atoms. The third-order valence-electron chi connectivity index (χ3n) is 4.48. The Morgan fingerprint density at radius 1 is 1.26 bits per heavy atom. The van der Waals surface area contributed by atoms with Crippen molar-refractivity contribution in [3.63, 3.8) is 0 Å². The van der Waals surface area contributed by atoms with Gasteiger partial charge in [-0.05, 0) is 25.2 Å². The maximum absolute atomic E-state index is 5.33. The Labute approximate surface area is 115 Å². The zero-order valence-corrected chi connectivity index (χ0v) is 11.8. The van der Waals surface area contributed by atoms with E-state index in [2.05, 4.69) is 14.9 Å². The van der Waals surface area contributed by atoms with Gasteiger partial charge in [0.25, 0.3) is 0 Å². The first-order valence-electron chi connectivity index (χ1n) is 7.46. The molecule has 4 nitrogen and oxygen atoms in total. The summed E-state index contributed by atoms with van der Waals surface area (Å²) < 4.78 is 5.33. The van der Waals surface area contributed by atoms with Crippen LogP contribution in [0.15, 0.2) is 6.33 Å². The lowest BCUT2D eigenvalue weighted by molar-refractivity contribution is 0.183. The predicted octanol–water partition coefficient (Wildman–Crippen LogP) is 2.42. The van der Waals surface area contributed by atoms with Crippen molar-refractivity contribution in [2.75, 3.05) is 20.2 Å². The zero-order chi connectivity index (χ0) is 13.1. The molecule has 1 saturated carbocycles. The molecule has 0 N–H and O–H groups in total. The highest BCUT2D eigenvalue weighted by Crippen LogP contribution is 2.28.